The lowest BCUT2D eigenvalue weighted by Crippen LogP contribution is -2.03. The maximum absolute atomic E-state index is 10.4. The van der Waals surface area contributed by atoms with Crippen molar-refractivity contribution in [2.45, 2.75) is 19.8 Å². The number of carbonyl (C=O) groups excluding carboxylic acids is 1. The van der Waals surface area contributed by atoms with Crippen LogP contribution in [0.4, 0.5) is 0 Å². The van der Waals surface area contributed by atoms with E-state index in [0.29, 0.717) is 13.0 Å². The van der Waals surface area contributed by atoms with Crippen LogP contribution in [0.1, 0.15) is 19.8 Å². The number of ether oxygens (including phenoxy) is 1. The Balaban J connectivity index is 2.97. The summed E-state index contributed by atoms with van der Waals surface area (Å²) in [5.74, 6) is -0.115. The molecular formula is C6H11BrO2. The molecule has 0 bridgehead atoms. The first-order valence-electron chi connectivity index (χ1n) is 3.02. The lowest BCUT2D eigenvalue weighted by Gasteiger charge is -1.98. The third kappa shape index (κ3) is 5.83. The first kappa shape index (κ1) is 8.95. The highest BCUT2D eigenvalue weighted by Gasteiger charge is 1.94. The van der Waals surface area contributed by atoms with Crippen LogP contribution in [0.25, 0.3) is 0 Å². The largest absolute Gasteiger partial charge is 0.466 e. The van der Waals surface area contributed by atoms with Gasteiger partial charge in [0.1, 0.15) is 0 Å². The Morgan fingerprint density at radius 1 is 1.67 bits per heavy atom. The Morgan fingerprint density at radius 2 is 2.33 bits per heavy atom. The zero-order chi connectivity index (χ0) is 7.11. The summed E-state index contributed by atoms with van der Waals surface area (Å²) in [6.45, 7) is 2.33. The molecule has 0 spiro atoms. The fourth-order valence-electron chi connectivity index (χ4n) is 0.343. The van der Waals surface area contributed by atoms with E-state index in [4.69, 9.17) is 4.74 Å². The molecule has 0 atom stereocenters. The molecule has 0 saturated carbocycles. The SMILES string of the molecule is CCC(=O)OCCCBr. The van der Waals surface area contributed by atoms with E-state index >= 15 is 0 Å². The molecule has 3 heteroatoms. The van der Waals surface area contributed by atoms with E-state index in [-0.39, 0.29) is 5.97 Å². The molecule has 0 aromatic carbocycles. The third-order valence-corrected chi connectivity index (χ3v) is 1.39. The van der Waals surface area contributed by atoms with Gasteiger partial charge in [0, 0.05) is 11.8 Å². The predicted octanol–water partition coefficient (Wildman–Crippen LogP) is 1.72. The van der Waals surface area contributed by atoms with Crippen LogP contribution in [0.15, 0.2) is 0 Å². The van der Waals surface area contributed by atoms with Crippen LogP contribution in [0, 0.1) is 0 Å². The van der Waals surface area contributed by atoms with Gasteiger partial charge in [-0.2, -0.15) is 0 Å². The van der Waals surface area contributed by atoms with Gasteiger partial charge in [0.15, 0.2) is 0 Å². The second-order valence-electron chi connectivity index (χ2n) is 1.62. The topological polar surface area (TPSA) is 26.3 Å². The van der Waals surface area contributed by atoms with Gasteiger partial charge < -0.3 is 4.74 Å². The van der Waals surface area contributed by atoms with Crippen molar-refractivity contribution in [3.63, 3.8) is 0 Å². The van der Waals surface area contributed by atoms with Crippen molar-refractivity contribution in [1.82, 2.24) is 0 Å². The molecule has 0 amide bonds. The highest BCUT2D eigenvalue weighted by molar-refractivity contribution is 9.09. The number of alkyl halides is 1. The molecule has 54 valence electrons. The molecule has 0 saturated heterocycles. The van der Waals surface area contributed by atoms with Crippen molar-refractivity contribution < 1.29 is 9.53 Å². The standard InChI is InChI=1S/C6H11BrO2/c1-2-6(8)9-5-3-4-7/h2-5H2,1H3. The Labute approximate surface area is 63.7 Å². The first-order valence-corrected chi connectivity index (χ1v) is 4.15. The van der Waals surface area contributed by atoms with Crippen molar-refractivity contribution in [2.75, 3.05) is 11.9 Å². The molecular weight excluding hydrogens is 184 g/mol. The summed E-state index contributed by atoms with van der Waals surface area (Å²) in [7, 11) is 0. The minimum Gasteiger partial charge on any atom is -0.466 e. The molecule has 0 radical (unpaired) electrons. The monoisotopic (exact) mass is 194 g/mol. The van der Waals surface area contributed by atoms with Gasteiger partial charge in [-0.1, -0.05) is 22.9 Å². The van der Waals surface area contributed by atoms with Crippen molar-refractivity contribution in [1.29, 1.82) is 0 Å². The van der Waals surface area contributed by atoms with E-state index in [2.05, 4.69) is 15.9 Å². The molecule has 0 aromatic rings. The van der Waals surface area contributed by atoms with Crippen LogP contribution in [-0.4, -0.2) is 17.9 Å². The highest BCUT2D eigenvalue weighted by Crippen LogP contribution is 1.90. The van der Waals surface area contributed by atoms with E-state index in [1.807, 2.05) is 0 Å². The van der Waals surface area contributed by atoms with E-state index in [1.165, 1.54) is 0 Å². The van der Waals surface area contributed by atoms with Gasteiger partial charge in [-0.25, -0.2) is 0 Å². The molecule has 9 heavy (non-hydrogen) atoms. The maximum atomic E-state index is 10.4. The first-order chi connectivity index (χ1) is 4.31. The van der Waals surface area contributed by atoms with Gasteiger partial charge in [0.25, 0.3) is 0 Å². The van der Waals surface area contributed by atoms with Gasteiger partial charge in [-0.05, 0) is 6.42 Å². The summed E-state index contributed by atoms with van der Waals surface area (Å²) >= 11 is 3.23. The molecule has 0 aromatic heterocycles. The summed E-state index contributed by atoms with van der Waals surface area (Å²) in [5.41, 5.74) is 0. The number of hydrogen-bond acceptors (Lipinski definition) is 2. The Bertz CT molecular complexity index is 83.1. The van der Waals surface area contributed by atoms with Crippen LogP contribution in [0.3, 0.4) is 0 Å². The number of carbonyl (C=O) groups is 1. The van der Waals surface area contributed by atoms with E-state index in [9.17, 15) is 4.79 Å². The lowest BCUT2D eigenvalue weighted by atomic mass is 10.5. The van der Waals surface area contributed by atoms with Crippen LogP contribution in [0.2, 0.25) is 0 Å². The fourth-order valence-corrected chi connectivity index (χ4v) is 0.572. The zero-order valence-electron chi connectivity index (χ0n) is 5.52. The van der Waals surface area contributed by atoms with Gasteiger partial charge >= 0.3 is 5.97 Å². The third-order valence-electron chi connectivity index (χ3n) is 0.830. The van der Waals surface area contributed by atoms with Gasteiger partial charge in [0.2, 0.25) is 0 Å². The summed E-state index contributed by atoms with van der Waals surface area (Å²) < 4.78 is 4.76. The molecule has 0 rings (SSSR count). The van der Waals surface area contributed by atoms with Gasteiger partial charge in [0.05, 0.1) is 6.61 Å². The van der Waals surface area contributed by atoms with Crippen molar-refractivity contribution in [3.05, 3.63) is 0 Å². The highest BCUT2D eigenvalue weighted by atomic mass is 79.9. The normalized spacial score (nSPS) is 9.11. The smallest absolute Gasteiger partial charge is 0.305 e. The average molecular weight is 195 g/mol. The second kappa shape index (κ2) is 6.08. The number of halogens is 1. The molecule has 0 aliphatic carbocycles. The zero-order valence-corrected chi connectivity index (χ0v) is 7.11. The molecule has 0 fully saturated rings. The van der Waals surface area contributed by atoms with Crippen LogP contribution in [0.5, 0.6) is 0 Å². The molecule has 0 unspecified atom stereocenters. The van der Waals surface area contributed by atoms with Gasteiger partial charge in [-0.3, -0.25) is 4.79 Å². The maximum Gasteiger partial charge on any atom is 0.305 e. The molecule has 0 aliphatic rings. The van der Waals surface area contributed by atoms with Crippen molar-refractivity contribution in [2.24, 2.45) is 0 Å². The summed E-state index contributed by atoms with van der Waals surface area (Å²) in [4.78, 5) is 10.4. The van der Waals surface area contributed by atoms with Crippen LogP contribution >= 0.6 is 15.9 Å². The minimum absolute atomic E-state index is 0.115. The van der Waals surface area contributed by atoms with Gasteiger partial charge in [-0.15, -0.1) is 0 Å². The van der Waals surface area contributed by atoms with E-state index < -0.39 is 0 Å². The number of esters is 1. The molecule has 0 heterocycles. The summed E-state index contributed by atoms with van der Waals surface area (Å²) in [6.07, 6.45) is 1.37. The second-order valence-corrected chi connectivity index (χ2v) is 2.41. The van der Waals surface area contributed by atoms with E-state index in [1.54, 1.807) is 6.92 Å². The average Bonchev–Trinajstić information content (AvgIpc) is 1.89. The molecule has 0 aliphatic heterocycles. The number of hydrogen-bond donors (Lipinski definition) is 0. The summed E-state index contributed by atoms with van der Waals surface area (Å²) in [6, 6.07) is 0. The fraction of sp³-hybridized carbons (Fsp3) is 0.833. The quantitative estimate of drug-likeness (QED) is 0.388. The predicted molar refractivity (Wildman–Crippen MR) is 39.7 cm³/mol. The molecule has 0 N–H and O–H groups in total. The Hall–Kier alpha value is -0.0500. The van der Waals surface area contributed by atoms with E-state index in [0.717, 1.165) is 11.8 Å². The lowest BCUT2D eigenvalue weighted by molar-refractivity contribution is -0.143. The molecule has 2 nitrogen and oxygen atoms in total. The Kier molecular flexibility index (Phi) is 6.04. The van der Waals surface area contributed by atoms with Crippen molar-refractivity contribution >= 4 is 21.9 Å². The summed E-state index contributed by atoms with van der Waals surface area (Å²) in [5, 5.41) is 0.893. The van der Waals surface area contributed by atoms with Crippen LogP contribution in [-0.2, 0) is 9.53 Å². The van der Waals surface area contributed by atoms with Crippen LogP contribution < -0.4 is 0 Å². The Morgan fingerprint density at radius 3 is 2.78 bits per heavy atom. The van der Waals surface area contributed by atoms with Crippen molar-refractivity contribution in [3.8, 4) is 0 Å². The minimum atomic E-state index is -0.115. The number of rotatable bonds is 4.